The van der Waals surface area contributed by atoms with E-state index in [-0.39, 0.29) is 65.4 Å². The number of nitrogens with zero attached hydrogens (tertiary/aromatic N) is 4. The quantitative estimate of drug-likeness (QED) is 0.543. The highest BCUT2D eigenvalue weighted by Gasteiger charge is 2.43. The molecule has 0 radical (unpaired) electrons. The summed E-state index contributed by atoms with van der Waals surface area (Å²) in [4.78, 5) is 37.6. The van der Waals surface area contributed by atoms with Crippen LogP contribution >= 0.6 is 24.8 Å². The molecule has 1 aromatic carbocycles. The molecule has 220 valence electrons. The molecule has 3 aliphatic rings. The van der Waals surface area contributed by atoms with Crippen molar-refractivity contribution in [3.63, 3.8) is 0 Å². The number of benzene rings is 1. The van der Waals surface area contributed by atoms with E-state index in [2.05, 4.69) is 37.1 Å². The monoisotopic (exact) mass is 593 g/mol. The topological polar surface area (TPSA) is 68.8 Å². The summed E-state index contributed by atoms with van der Waals surface area (Å²) in [5, 5.41) is 3.54. The van der Waals surface area contributed by atoms with Gasteiger partial charge in [-0.25, -0.2) is 4.39 Å². The van der Waals surface area contributed by atoms with E-state index >= 15 is 0 Å². The number of aromatic nitrogens is 1. The second kappa shape index (κ2) is 12.3. The molecule has 1 aromatic heterocycles. The largest absolute Gasteiger partial charge is 0.341 e. The van der Waals surface area contributed by atoms with Gasteiger partial charge in [-0.05, 0) is 49.1 Å². The van der Waals surface area contributed by atoms with E-state index in [1.807, 2.05) is 29.8 Å². The van der Waals surface area contributed by atoms with Crippen LogP contribution in [0.1, 0.15) is 57.9 Å². The van der Waals surface area contributed by atoms with Crippen molar-refractivity contribution >= 4 is 42.3 Å². The van der Waals surface area contributed by atoms with Gasteiger partial charge in [0.25, 0.3) is 0 Å². The maximum Gasteiger partial charge on any atom is 0.241 e. The molecule has 2 amide bonds. The van der Waals surface area contributed by atoms with Gasteiger partial charge in [0.15, 0.2) is 0 Å². The highest BCUT2D eigenvalue weighted by molar-refractivity contribution is 5.97. The van der Waals surface area contributed by atoms with Crippen LogP contribution in [0.5, 0.6) is 0 Å². The Morgan fingerprint density at radius 3 is 2.45 bits per heavy atom. The van der Waals surface area contributed by atoms with Gasteiger partial charge in [-0.1, -0.05) is 39.8 Å². The summed E-state index contributed by atoms with van der Waals surface area (Å²) in [5.41, 5.74) is 3.25. The predicted molar refractivity (Wildman–Crippen MR) is 161 cm³/mol. The van der Waals surface area contributed by atoms with Crippen LogP contribution in [0.25, 0.3) is 0 Å². The molecular formula is C30H42Cl2FN5O2. The second-order valence-corrected chi connectivity index (χ2v) is 12.7. The van der Waals surface area contributed by atoms with Crippen molar-refractivity contribution in [2.75, 3.05) is 44.2 Å². The molecule has 40 heavy (non-hydrogen) atoms. The van der Waals surface area contributed by atoms with Gasteiger partial charge in [0, 0.05) is 61.8 Å². The second-order valence-electron chi connectivity index (χ2n) is 12.7. The van der Waals surface area contributed by atoms with Crippen LogP contribution in [0.15, 0.2) is 36.5 Å². The fraction of sp³-hybridized carbons (Fsp3) is 0.567. The fourth-order valence-electron chi connectivity index (χ4n) is 6.08. The Labute approximate surface area is 249 Å². The fourth-order valence-corrected chi connectivity index (χ4v) is 6.08. The van der Waals surface area contributed by atoms with Gasteiger partial charge < -0.3 is 15.1 Å². The number of carbonyl (C=O) groups is 2. The minimum atomic E-state index is -0.306. The SMILES string of the molecule is C[C@@H]1CN(CC(=O)N2CC(C)(C)c3ncc(Cc4ccc(F)cc4)cc32)[C@@H](CN2CCC(C)(C)C2=O)CN1.Cl.Cl. The molecule has 1 N–H and O–H groups in total. The summed E-state index contributed by atoms with van der Waals surface area (Å²) in [6, 6.07) is 8.94. The van der Waals surface area contributed by atoms with Crippen LogP contribution in [0.2, 0.25) is 0 Å². The number of rotatable bonds is 6. The Balaban J connectivity index is 0.00000220. The third-order valence-electron chi connectivity index (χ3n) is 8.40. The lowest BCUT2D eigenvalue weighted by atomic mass is 9.91. The Kier molecular flexibility index (Phi) is 9.93. The smallest absolute Gasteiger partial charge is 0.241 e. The minimum Gasteiger partial charge on any atom is -0.341 e. The number of fused-ring (bicyclic) bond motifs is 1. The summed E-state index contributed by atoms with van der Waals surface area (Å²) >= 11 is 0. The van der Waals surface area contributed by atoms with E-state index in [0.717, 1.165) is 48.6 Å². The molecule has 2 atom stereocenters. The lowest BCUT2D eigenvalue weighted by Gasteiger charge is -2.41. The zero-order valence-corrected chi connectivity index (χ0v) is 25.7. The van der Waals surface area contributed by atoms with E-state index in [9.17, 15) is 14.0 Å². The van der Waals surface area contributed by atoms with E-state index in [4.69, 9.17) is 4.98 Å². The molecule has 5 rings (SSSR count). The van der Waals surface area contributed by atoms with Crippen molar-refractivity contribution in [3.8, 4) is 0 Å². The summed E-state index contributed by atoms with van der Waals surface area (Å²) < 4.78 is 13.4. The third kappa shape index (κ3) is 6.62. The number of nitrogens with one attached hydrogen (secondary N) is 1. The Morgan fingerprint density at radius 2 is 1.80 bits per heavy atom. The molecule has 2 fully saturated rings. The molecule has 0 bridgehead atoms. The van der Waals surface area contributed by atoms with Crippen molar-refractivity contribution in [2.24, 2.45) is 5.41 Å². The van der Waals surface area contributed by atoms with Crippen molar-refractivity contribution in [2.45, 2.75) is 65.0 Å². The minimum absolute atomic E-state index is 0. The van der Waals surface area contributed by atoms with Gasteiger partial charge in [-0.15, -0.1) is 24.8 Å². The lowest BCUT2D eigenvalue weighted by molar-refractivity contribution is -0.135. The van der Waals surface area contributed by atoms with Crippen LogP contribution in [0, 0.1) is 11.2 Å². The maximum absolute atomic E-state index is 13.8. The van der Waals surface area contributed by atoms with Crippen molar-refractivity contribution in [3.05, 3.63) is 59.2 Å². The van der Waals surface area contributed by atoms with Gasteiger partial charge in [-0.2, -0.15) is 0 Å². The average molecular weight is 595 g/mol. The first-order valence-corrected chi connectivity index (χ1v) is 13.7. The van der Waals surface area contributed by atoms with Gasteiger partial charge in [0.2, 0.25) is 11.8 Å². The van der Waals surface area contributed by atoms with Crippen LogP contribution in [0.3, 0.4) is 0 Å². The summed E-state index contributed by atoms with van der Waals surface area (Å²) in [6.45, 7) is 14.2. The molecule has 2 aromatic rings. The van der Waals surface area contributed by atoms with Crippen molar-refractivity contribution in [1.82, 2.24) is 20.1 Å². The molecule has 7 nitrogen and oxygen atoms in total. The standard InChI is InChI=1S/C30H40FN5O2.2ClH/c1-20-16-35(24(15-32-20)17-34-11-10-29(2,3)28(34)38)18-26(37)36-19-30(4,5)27-25(36)13-22(14-33-27)12-21-6-8-23(31)9-7-21;;/h6-9,13-14,20,24,32H,10-12,15-19H2,1-5H3;2*1H/t20-,24-;;/m1../s1. The normalized spacial score (nSPS) is 23.4. The van der Waals surface area contributed by atoms with E-state index in [1.165, 1.54) is 12.1 Å². The van der Waals surface area contributed by atoms with Gasteiger partial charge in [0.1, 0.15) is 5.82 Å². The first-order valence-electron chi connectivity index (χ1n) is 13.7. The summed E-state index contributed by atoms with van der Waals surface area (Å²) in [6.07, 6.45) is 3.37. The average Bonchev–Trinajstić information content (AvgIpc) is 3.28. The molecule has 0 unspecified atom stereocenters. The number of halogens is 3. The molecule has 2 saturated heterocycles. The van der Waals surface area contributed by atoms with E-state index in [0.29, 0.717) is 26.1 Å². The first kappa shape index (κ1) is 32.3. The third-order valence-corrected chi connectivity index (χ3v) is 8.40. The van der Waals surface area contributed by atoms with E-state index < -0.39 is 0 Å². The summed E-state index contributed by atoms with van der Waals surface area (Å²) in [7, 11) is 0. The molecule has 3 aliphatic heterocycles. The molecule has 0 aliphatic carbocycles. The molecule has 0 saturated carbocycles. The van der Waals surface area contributed by atoms with Crippen molar-refractivity contribution in [1.29, 1.82) is 0 Å². The number of pyridine rings is 1. The van der Waals surface area contributed by atoms with Gasteiger partial charge >= 0.3 is 0 Å². The first-order chi connectivity index (χ1) is 17.9. The molecule has 4 heterocycles. The Hall–Kier alpha value is -2.26. The number of hydrogen-bond acceptors (Lipinski definition) is 5. The zero-order valence-electron chi connectivity index (χ0n) is 24.1. The number of carbonyl (C=O) groups excluding carboxylic acids is 2. The number of piperazine rings is 1. The van der Waals surface area contributed by atoms with Crippen LogP contribution in [-0.4, -0.2) is 78.0 Å². The highest BCUT2D eigenvalue weighted by atomic mass is 35.5. The molecular weight excluding hydrogens is 552 g/mol. The number of amides is 2. The van der Waals surface area contributed by atoms with E-state index in [1.54, 1.807) is 12.1 Å². The van der Waals surface area contributed by atoms with Crippen LogP contribution < -0.4 is 10.2 Å². The lowest BCUT2D eigenvalue weighted by Crippen LogP contribution is -2.61. The Bertz CT molecular complexity index is 1220. The number of anilines is 1. The number of likely N-dealkylation sites (tertiary alicyclic amines) is 1. The molecule has 10 heteroatoms. The maximum atomic E-state index is 13.8. The van der Waals surface area contributed by atoms with Gasteiger partial charge in [0.05, 0.1) is 17.9 Å². The van der Waals surface area contributed by atoms with Crippen LogP contribution in [-0.2, 0) is 21.4 Å². The highest BCUT2D eigenvalue weighted by Crippen LogP contribution is 2.40. The number of hydrogen-bond donors (Lipinski definition) is 1. The summed E-state index contributed by atoms with van der Waals surface area (Å²) in [5.74, 6) is 0.0137. The zero-order chi connectivity index (χ0) is 27.2. The molecule has 0 spiro atoms. The predicted octanol–water partition coefficient (Wildman–Crippen LogP) is 4.20. The Morgan fingerprint density at radius 1 is 1.10 bits per heavy atom. The van der Waals surface area contributed by atoms with Crippen LogP contribution in [0.4, 0.5) is 10.1 Å². The van der Waals surface area contributed by atoms with Crippen molar-refractivity contribution < 1.29 is 14.0 Å². The van der Waals surface area contributed by atoms with Gasteiger partial charge in [-0.3, -0.25) is 19.5 Å².